The maximum absolute atomic E-state index is 6.49. The van der Waals surface area contributed by atoms with Gasteiger partial charge in [0.1, 0.15) is 11.6 Å². The van der Waals surface area contributed by atoms with Gasteiger partial charge in [0.2, 0.25) is 0 Å². The molecule has 0 atom stereocenters. The van der Waals surface area contributed by atoms with Crippen molar-refractivity contribution in [2.24, 2.45) is 0 Å². The molecule has 0 unspecified atom stereocenters. The fourth-order valence-electron chi connectivity index (χ4n) is 6.66. The van der Waals surface area contributed by atoms with Crippen molar-refractivity contribution >= 4 is 33.4 Å². The van der Waals surface area contributed by atoms with Crippen molar-refractivity contribution in [3.05, 3.63) is 119 Å². The van der Waals surface area contributed by atoms with E-state index in [9.17, 15) is 0 Å². The molecule has 0 aliphatic rings. The predicted molar refractivity (Wildman–Crippen MR) is 198 cm³/mol. The topological polar surface area (TPSA) is 51.4 Å². The van der Waals surface area contributed by atoms with E-state index in [0.717, 1.165) is 56.1 Å². The van der Waals surface area contributed by atoms with Crippen LogP contribution in [-0.4, -0.2) is 47.5 Å². The molecule has 49 heavy (non-hydrogen) atoms. The number of aryl methyl sites for hydroxylation is 3. The quantitative estimate of drug-likeness (QED) is 0.121. The second kappa shape index (κ2) is 13.2. The van der Waals surface area contributed by atoms with Gasteiger partial charge in [-0.05, 0) is 97.3 Å². The van der Waals surface area contributed by atoms with Gasteiger partial charge in [0, 0.05) is 51.4 Å². The zero-order valence-electron chi connectivity index (χ0n) is 29.4. The van der Waals surface area contributed by atoms with Gasteiger partial charge >= 0.3 is 20.4 Å². The molecule has 0 saturated heterocycles. The van der Waals surface area contributed by atoms with Crippen LogP contribution in [0.25, 0.3) is 44.4 Å². The molecule has 8 heteroatoms. The molecule has 0 N–H and O–H groups in total. The normalized spacial score (nSPS) is 11.2. The first kappa shape index (κ1) is 34.0. The van der Waals surface area contributed by atoms with Crippen molar-refractivity contribution in [3.8, 4) is 34.1 Å². The molecule has 0 bridgehead atoms. The van der Waals surface area contributed by atoms with E-state index >= 15 is 0 Å². The van der Waals surface area contributed by atoms with Crippen LogP contribution in [0.15, 0.2) is 79.0 Å². The smallest absolute Gasteiger partial charge is 0.509 e. The van der Waals surface area contributed by atoms with Gasteiger partial charge in [-0.1, -0.05) is 29.8 Å². The Hall–Kier alpha value is -4.90. The minimum absolute atomic E-state index is 0. The molecule has 4 aromatic carbocycles. The average molecular weight is 739 g/mol. The Kier molecular flexibility index (Phi) is 9.15. The standard InChI is InChI=1S/C41H40N6O.Pd/c1-25-19-20-42-37(21-25)46-35-16-11-10-15-33(35)34-18-17-32(24-36(34)46)48-31-14-12-13-30(23-31)47-41(45(8)9)39(40(43-47)44(6)7)38-28(4)26(2)22-27(3)29(38)5;/h10-22H,1-9H3;/q-2;+2. The zero-order valence-corrected chi connectivity index (χ0v) is 31.0. The molecule has 0 saturated carbocycles. The van der Waals surface area contributed by atoms with E-state index in [1.54, 1.807) is 0 Å². The first-order chi connectivity index (χ1) is 23.0. The van der Waals surface area contributed by atoms with E-state index in [0.29, 0.717) is 11.5 Å². The Morgan fingerprint density at radius 2 is 1.41 bits per heavy atom. The van der Waals surface area contributed by atoms with E-state index in [2.05, 4.69) is 118 Å². The Morgan fingerprint density at radius 1 is 0.694 bits per heavy atom. The summed E-state index contributed by atoms with van der Waals surface area (Å²) in [6.45, 7) is 10.8. The van der Waals surface area contributed by atoms with E-state index in [4.69, 9.17) is 14.8 Å². The average Bonchev–Trinajstić information content (AvgIpc) is 3.61. The van der Waals surface area contributed by atoms with Crippen molar-refractivity contribution in [1.82, 2.24) is 19.3 Å². The summed E-state index contributed by atoms with van der Waals surface area (Å²) < 4.78 is 10.6. The summed E-state index contributed by atoms with van der Waals surface area (Å²) in [7, 11) is 8.22. The van der Waals surface area contributed by atoms with Crippen molar-refractivity contribution < 1.29 is 25.2 Å². The number of hydrogen-bond donors (Lipinski definition) is 0. The predicted octanol–water partition coefficient (Wildman–Crippen LogP) is 9.10. The molecule has 3 heterocycles. The van der Waals surface area contributed by atoms with Gasteiger partial charge in [-0.2, -0.15) is 12.1 Å². The third kappa shape index (κ3) is 5.90. The van der Waals surface area contributed by atoms with Gasteiger partial charge in [0.25, 0.3) is 0 Å². The molecular weight excluding hydrogens is 699 g/mol. The molecule has 0 aliphatic carbocycles. The minimum Gasteiger partial charge on any atom is -0.509 e. The van der Waals surface area contributed by atoms with Crippen LogP contribution in [-0.2, 0) is 20.4 Å². The van der Waals surface area contributed by atoms with Gasteiger partial charge in [-0.25, -0.2) is 9.67 Å². The number of nitrogens with zero attached hydrogens (tertiary/aromatic N) is 6. The van der Waals surface area contributed by atoms with Crippen LogP contribution in [0.2, 0.25) is 0 Å². The summed E-state index contributed by atoms with van der Waals surface area (Å²) in [5, 5.41) is 7.41. The third-order valence-corrected chi connectivity index (χ3v) is 9.19. The number of para-hydroxylation sites is 1. The van der Waals surface area contributed by atoms with Crippen LogP contribution in [0.4, 0.5) is 11.6 Å². The van der Waals surface area contributed by atoms with Gasteiger partial charge < -0.3 is 19.1 Å². The van der Waals surface area contributed by atoms with Crippen LogP contribution in [0.3, 0.4) is 0 Å². The Bertz CT molecular complexity index is 2320. The second-order valence-corrected chi connectivity index (χ2v) is 13.0. The fraction of sp³-hybridized carbons (Fsp3) is 0.220. The van der Waals surface area contributed by atoms with Gasteiger partial charge in [0.05, 0.1) is 5.56 Å². The summed E-state index contributed by atoms with van der Waals surface area (Å²) in [5.74, 6) is 3.89. The number of ether oxygens (including phenoxy) is 1. The first-order valence-electron chi connectivity index (χ1n) is 16.2. The Morgan fingerprint density at radius 3 is 2.10 bits per heavy atom. The van der Waals surface area contributed by atoms with Crippen molar-refractivity contribution in [3.63, 3.8) is 0 Å². The second-order valence-electron chi connectivity index (χ2n) is 13.0. The fourth-order valence-corrected chi connectivity index (χ4v) is 6.66. The molecule has 250 valence electrons. The van der Waals surface area contributed by atoms with Crippen molar-refractivity contribution in [1.29, 1.82) is 0 Å². The summed E-state index contributed by atoms with van der Waals surface area (Å²) in [4.78, 5) is 8.92. The largest absolute Gasteiger partial charge is 2.00 e. The molecule has 0 radical (unpaired) electrons. The number of anilines is 2. The van der Waals surface area contributed by atoms with E-state index < -0.39 is 0 Å². The number of benzene rings is 4. The molecule has 0 spiro atoms. The summed E-state index contributed by atoms with van der Waals surface area (Å²) >= 11 is 0. The van der Waals surface area contributed by atoms with E-state index in [1.165, 1.54) is 27.8 Å². The summed E-state index contributed by atoms with van der Waals surface area (Å²) in [5.41, 5.74) is 11.3. The van der Waals surface area contributed by atoms with Gasteiger partial charge in [0.15, 0.2) is 5.82 Å². The maximum Gasteiger partial charge on any atom is 2.00 e. The molecule has 0 aliphatic heterocycles. The zero-order chi connectivity index (χ0) is 33.9. The number of pyridine rings is 1. The first-order valence-corrected chi connectivity index (χ1v) is 16.2. The number of aromatic nitrogens is 4. The van der Waals surface area contributed by atoms with Crippen LogP contribution >= 0.6 is 0 Å². The molecule has 0 fully saturated rings. The van der Waals surface area contributed by atoms with Crippen LogP contribution in [0.5, 0.6) is 11.5 Å². The minimum atomic E-state index is 0. The molecule has 0 amide bonds. The van der Waals surface area contributed by atoms with Crippen LogP contribution in [0.1, 0.15) is 27.8 Å². The SMILES string of the molecule is Cc1ccnc(-n2c3[c-]c(Oc4[c-]c(-n5nc(N(C)C)c(-c6c(C)c(C)cc(C)c6C)c5N(C)C)ccc4)ccc3c3ccccc32)c1.[Pd+2]. The molecule has 7 nitrogen and oxygen atoms in total. The van der Waals surface area contributed by atoms with Crippen LogP contribution < -0.4 is 14.5 Å². The van der Waals surface area contributed by atoms with Crippen molar-refractivity contribution in [2.45, 2.75) is 34.6 Å². The van der Waals surface area contributed by atoms with Crippen LogP contribution in [0, 0.1) is 46.8 Å². The Labute approximate surface area is 302 Å². The molecule has 7 aromatic rings. The molecule has 3 aromatic heterocycles. The molecular formula is C41H40N6OPd. The molecule has 7 rings (SSSR count). The number of hydrogen-bond acceptors (Lipinski definition) is 5. The number of fused-ring (bicyclic) bond motifs is 3. The summed E-state index contributed by atoms with van der Waals surface area (Å²) in [6.07, 6.45) is 1.85. The van der Waals surface area contributed by atoms with Crippen molar-refractivity contribution in [2.75, 3.05) is 38.0 Å². The third-order valence-electron chi connectivity index (χ3n) is 9.19. The maximum atomic E-state index is 6.49. The van der Waals surface area contributed by atoms with Gasteiger partial charge in [-0.3, -0.25) is 0 Å². The summed E-state index contributed by atoms with van der Waals surface area (Å²) in [6, 6.07) is 31.8. The Balaban J connectivity index is 0.00000417. The van der Waals surface area contributed by atoms with Gasteiger partial charge in [-0.15, -0.1) is 40.8 Å². The van der Waals surface area contributed by atoms with E-state index in [1.807, 2.05) is 55.3 Å². The monoisotopic (exact) mass is 738 g/mol. The van der Waals surface area contributed by atoms with E-state index in [-0.39, 0.29) is 20.4 Å². The number of rotatable bonds is 7.